The van der Waals surface area contributed by atoms with Gasteiger partial charge in [-0.3, -0.25) is 0 Å². The quantitative estimate of drug-likeness (QED) is 0.749. The number of alkyl halides is 7. The maximum atomic E-state index is 13.8. The van der Waals surface area contributed by atoms with E-state index in [0.29, 0.717) is 17.3 Å². The second kappa shape index (κ2) is 5.58. The van der Waals surface area contributed by atoms with Gasteiger partial charge < -0.3 is 5.11 Å². The van der Waals surface area contributed by atoms with E-state index in [9.17, 15) is 44.3 Å². The van der Waals surface area contributed by atoms with E-state index in [1.54, 1.807) is 0 Å². The molecule has 0 bridgehead atoms. The zero-order valence-corrected chi connectivity index (χ0v) is 12.0. The molecule has 1 atom stereocenters. The second-order valence-corrected chi connectivity index (χ2v) is 6.98. The molecule has 0 spiro atoms. The highest BCUT2D eigenvalue weighted by Gasteiger charge is 2.80. The highest BCUT2D eigenvalue weighted by Crippen LogP contribution is 2.51. The molecule has 1 rings (SSSR count). The van der Waals surface area contributed by atoms with Gasteiger partial charge in [-0.15, -0.1) is 0 Å². The summed E-state index contributed by atoms with van der Waals surface area (Å²) in [4.78, 5) is 3.23. The van der Waals surface area contributed by atoms with Crippen LogP contribution in [0.4, 0.5) is 30.7 Å². The molecule has 0 saturated carbocycles. The van der Waals surface area contributed by atoms with Crippen molar-refractivity contribution in [3.05, 3.63) is 12.7 Å². The minimum absolute atomic E-state index is 0.293. The summed E-state index contributed by atoms with van der Waals surface area (Å²) in [5.74, 6) is -14.9. The van der Waals surface area contributed by atoms with Crippen molar-refractivity contribution in [2.45, 2.75) is 30.2 Å². The molecule has 0 fully saturated rings. The number of hydrogen-bond acceptors (Lipinski definition) is 5. The molecule has 1 N–H and O–H groups in total. The largest absolute Gasteiger partial charge is 0.459 e. The monoisotopic (exact) mass is 373 g/mol. The van der Waals surface area contributed by atoms with Gasteiger partial charge >= 0.3 is 18.0 Å². The average molecular weight is 373 g/mol. The van der Waals surface area contributed by atoms with Crippen molar-refractivity contribution in [2.75, 3.05) is 12.0 Å². The fourth-order valence-electron chi connectivity index (χ4n) is 1.72. The lowest BCUT2D eigenvalue weighted by atomic mass is 9.91. The van der Waals surface area contributed by atoms with E-state index < -0.39 is 45.8 Å². The van der Waals surface area contributed by atoms with Gasteiger partial charge in [-0.25, -0.2) is 18.1 Å². The lowest BCUT2D eigenvalue weighted by molar-refractivity contribution is -0.386. The van der Waals surface area contributed by atoms with Gasteiger partial charge in [-0.05, 0) is 0 Å². The molecule has 6 nitrogen and oxygen atoms in total. The Morgan fingerprint density at radius 1 is 1.09 bits per heavy atom. The van der Waals surface area contributed by atoms with Crippen molar-refractivity contribution >= 4 is 9.84 Å². The Morgan fingerprint density at radius 3 is 1.96 bits per heavy atom. The summed E-state index contributed by atoms with van der Waals surface area (Å²) in [5.41, 5.74) is -4.28. The number of aromatic nitrogens is 3. The summed E-state index contributed by atoms with van der Waals surface area (Å²) in [7, 11) is -4.57. The molecule has 0 saturated heterocycles. The van der Waals surface area contributed by atoms with Gasteiger partial charge in [0.05, 0.1) is 12.3 Å². The van der Waals surface area contributed by atoms with Crippen LogP contribution in [0.15, 0.2) is 12.7 Å². The topological polar surface area (TPSA) is 85.1 Å². The molecular weight excluding hydrogens is 363 g/mol. The maximum Gasteiger partial charge on any atom is 0.459 e. The summed E-state index contributed by atoms with van der Waals surface area (Å²) in [6.45, 7) is -1.65. The standard InChI is InChI=1S/C9H10F7N3O3S/c1-23(21,22)3-6(20,2-19-5-17-4-18-19)7(10,11)8(12,13)9(14,15)16/h4-5,20H,2-3H2,1H3. The molecule has 14 heteroatoms. The fourth-order valence-corrected chi connectivity index (χ4v) is 2.86. The maximum absolute atomic E-state index is 13.8. The van der Waals surface area contributed by atoms with Crippen LogP contribution in [-0.4, -0.2) is 63.9 Å². The lowest BCUT2D eigenvalue weighted by Gasteiger charge is -2.39. The zero-order chi connectivity index (χ0) is 18.3. The van der Waals surface area contributed by atoms with Gasteiger partial charge in [0, 0.05) is 6.26 Å². The van der Waals surface area contributed by atoms with Gasteiger partial charge in [-0.2, -0.15) is 35.8 Å². The van der Waals surface area contributed by atoms with Crippen LogP contribution in [0.5, 0.6) is 0 Å². The van der Waals surface area contributed by atoms with Crippen molar-refractivity contribution < 1.29 is 44.3 Å². The molecule has 0 aromatic carbocycles. The smallest absolute Gasteiger partial charge is 0.380 e. The molecule has 1 heterocycles. The molecular formula is C9H10F7N3O3S. The number of hydrogen-bond donors (Lipinski definition) is 1. The predicted molar refractivity (Wildman–Crippen MR) is 60.6 cm³/mol. The third-order valence-corrected chi connectivity index (χ3v) is 3.73. The highest BCUT2D eigenvalue weighted by molar-refractivity contribution is 7.90. The van der Waals surface area contributed by atoms with E-state index in [1.165, 1.54) is 0 Å². The molecule has 1 aromatic heterocycles. The van der Waals surface area contributed by atoms with Crippen LogP contribution in [0.1, 0.15) is 0 Å². The van der Waals surface area contributed by atoms with Crippen LogP contribution in [-0.2, 0) is 16.4 Å². The SMILES string of the molecule is CS(=O)(=O)CC(O)(Cn1cncn1)C(F)(F)C(F)(F)C(F)(F)F. The van der Waals surface area contributed by atoms with Crippen LogP contribution < -0.4 is 0 Å². The Labute approximate surface area is 124 Å². The first-order chi connectivity index (χ1) is 10.0. The molecule has 0 amide bonds. The van der Waals surface area contributed by atoms with Crippen LogP contribution in [0.3, 0.4) is 0 Å². The van der Waals surface area contributed by atoms with E-state index >= 15 is 0 Å². The van der Waals surface area contributed by atoms with Crippen molar-refractivity contribution in [2.24, 2.45) is 0 Å². The first kappa shape index (κ1) is 19.6. The van der Waals surface area contributed by atoms with E-state index in [4.69, 9.17) is 0 Å². The number of nitrogens with zero attached hydrogens (tertiary/aromatic N) is 3. The predicted octanol–water partition coefficient (Wildman–Crippen LogP) is 0.887. The molecule has 0 aliphatic heterocycles. The first-order valence-electron chi connectivity index (χ1n) is 5.58. The summed E-state index contributed by atoms with van der Waals surface area (Å²) in [6.07, 6.45) is -5.07. The lowest BCUT2D eigenvalue weighted by Crippen LogP contribution is -2.67. The summed E-state index contributed by atoms with van der Waals surface area (Å²) in [5, 5.41) is 12.9. The van der Waals surface area contributed by atoms with Gasteiger partial charge in [0.15, 0.2) is 15.4 Å². The van der Waals surface area contributed by atoms with Crippen LogP contribution in [0, 0.1) is 0 Å². The molecule has 1 aromatic rings. The van der Waals surface area contributed by atoms with Crippen molar-refractivity contribution in [1.29, 1.82) is 0 Å². The number of rotatable bonds is 6. The summed E-state index contributed by atoms with van der Waals surface area (Å²) in [6, 6.07) is 0. The van der Waals surface area contributed by atoms with Crippen molar-refractivity contribution in [1.82, 2.24) is 14.8 Å². The highest BCUT2D eigenvalue weighted by atomic mass is 32.2. The number of halogens is 7. The van der Waals surface area contributed by atoms with Crippen LogP contribution in [0.25, 0.3) is 0 Å². The minimum atomic E-state index is -6.72. The number of aliphatic hydroxyl groups is 1. The van der Waals surface area contributed by atoms with E-state index in [0.717, 1.165) is 6.33 Å². The van der Waals surface area contributed by atoms with Crippen LogP contribution in [0.2, 0.25) is 0 Å². The third-order valence-electron chi connectivity index (χ3n) is 2.73. The Bertz CT molecular complexity index is 644. The Balaban J connectivity index is 3.43. The van der Waals surface area contributed by atoms with Crippen molar-refractivity contribution in [3.63, 3.8) is 0 Å². The molecule has 1 unspecified atom stereocenters. The van der Waals surface area contributed by atoms with Gasteiger partial charge in [-0.1, -0.05) is 0 Å². The molecule has 0 radical (unpaired) electrons. The van der Waals surface area contributed by atoms with E-state index in [-0.39, 0.29) is 0 Å². The van der Waals surface area contributed by atoms with Gasteiger partial charge in [0.2, 0.25) is 0 Å². The van der Waals surface area contributed by atoms with Gasteiger partial charge in [0.25, 0.3) is 0 Å². The van der Waals surface area contributed by atoms with Crippen molar-refractivity contribution in [3.8, 4) is 0 Å². The first-order valence-corrected chi connectivity index (χ1v) is 7.64. The normalized spacial score (nSPS) is 17.1. The molecule has 0 aliphatic carbocycles. The van der Waals surface area contributed by atoms with Gasteiger partial charge in [0.1, 0.15) is 12.7 Å². The van der Waals surface area contributed by atoms with E-state index in [2.05, 4.69) is 10.1 Å². The fraction of sp³-hybridized carbons (Fsp3) is 0.778. The van der Waals surface area contributed by atoms with E-state index in [1.807, 2.05) is 0 Å². The molecule has 23 heavy (non-hydrogen) atoms. The summed E-state index contributed by atoms with van der Waals surface area (Å²) < 4.78 is 113. The Kier molecular flexibility index (Phi) is 4.75. The molecule has 0 aliphatic rings. The number of sulfone groups is 1. The Hall–Kier alpha value is -1.44. The molecule has 134 valence electrons. The second-order valence-electron chi connectivity index (χ2n) is 4.84. The minimum Gasteiger partial charge on any atom is -0.380 e. The van der Waals surface area contributed by atoms with Crippen LogP contribution >= 0.6 is 0 Å². The zero-order valence-electron chi connectivity index (χ0n) is 11.2. The average Bonchev–Trinajstić information content (AvgIpc) is 2.76. The third kappa shape index (κ3) is 3.73. The summed E-state index contributed by atoms with van der Waals surface area (Å²) >= 11 is 0. The Morgan fingerprint density at radius 2 is 1.61 bits per heavy atom.